The first kappa shape index (κ1) is 19.5. The van der Waals surface area contributed by atoms with E-state index in [1.807, 2.05) is 30.3 Å². The van der Waals surface area contributed by atoms with Crippen LogP contribution in [0.25, 0.3) is 0 Å². The van der Waals surface area contributed by atoms with Gasteiger partial charge in [0.05, 0.1) is 6.54 Å². The monoisotopic (exact) mass is 386 g/mol. The molecule has 0 spiro atoms. The van der Waals surface area contributed by atoms with E-state index in [9.17, 15) is 4.79 Å². The van der Waals surface area contributed by atoms with Crippen LogP contribution < -0.4 is 0 Å². The molecule has 0 bridgehead atoms. The van der Waals surface area contributed by atoms with E-state index < -0.39 is 0 Å². The zero-order chi connectivity index (χ0) is 20.1. The summed E-state index contributed by atoms with van der Waals surface area (Å²) in [5, 5.41) is 0. The van der Waals surface area contributed by atoms with Crippen molar-refractivity contribution >= 4 is 5.91 Å². The maximum absolute atomic E-state index is 13.5. The lowest BCUT2D eigenvalue weighted by Crippen LogP contribution is -2.41. The molecule has 1 heterocycles. The summed E-state index contributed by atoms with van der Waals surface area (Å²) in [4.78, 5) is 15.6. The number of aromatic nitrogens is 1. The van der Waals surface area contributed by atoms with Gasteiger partial charge in [-0.15, -0.1) is 0 Å². The van der Waals surface area contributed by atoms with Gasteiger partial charge in [-0.1, -0.05) is 67.3 Å². The van der Waals surface area contributed by atoms with Crippen molar-refractivity contribution in [2.45, 2.75) is 58.2 Å². The molecule has 0 N–H and O–H groups in total. The van der Waals surface area contributed by atoms with Crippen LogP contribution in [0.1, 0.15) is 59.3 Å². The predicted octanol–water partition coefficient (Wildman–Crippen LogP) is 5.82. The molecule has 3 aromatic rings. The fraction of sp³-hybridized carbons (Fsp3) is 0.346. The number of rotatable bonds is 6. The van der Waals surface area contributed by atoms with Crippen molar-refractivity contribution in [2.24, 2.45) is 0 Å². The lowest BCUT2D eigenvalue weighted by molar-refractivity contribution is 0.0608. The van der Waals surface area contributed by atoms with Crippen LogP contribution in [0.3, 0.4) is 0 Å². The van der Waals surface area contributed by atoms with Crippen molar-refractivity contribution in [3.63, 3.8) is 0 Å². The number of nitrogens with zero attached hydrogens (tertiary/aromatic N) is 2. The minimum absolute atomic E-state index is 0.157. The first-order valence-corrected chi connectivity index (χ1v) is 10.8. The average Bonchev–Trinajstić information content (AvgIpc) is 3.20. The number of carbonyl (C=O) groups is 1. The van der Waals surface area contributed by atoms with E-state index in [0.29, 0.717) is 12.6 Å². The van der Waals surface area contributed by atoms with E-state index in [4.69, 9.17) is 0 Å². The van der Waals surface area contributed by atoms with Crippen LogP contribution in [0.4, 0.5) is 0 Å². The summed E-state index contributed by atoms with van der Waals surface area (Å²) in [7, 11) is 0. The van der Waals surface area contributed by atoms with Crippen LogP contribution in [-0.2, 0) is 13.1 Å². The van der Waals surface area contributed by atoms with Gasteiger partial charge in [-0.25, -0.2) is 0 Å². The largest absolute Gasteiger partial charge is 0.345 e. The van der Waals surface area contributed by atoms with E-state index in [1.165, 1.54) is 36.1 Å². The molecular weight excluding hydrogens is 356 g/mol. The minimum Gasteiger partial charge on any atom is -0.345 e. The van der Waals surface area contributed by atoms with Crippen molar-refractivity contribution in [1.29, 1.82) is 0 Å². The Morgan fingerprint density at radius 3 is 2.38 bits per heavy atom. The highest BCUT2D eigenvalue weighted by molar-refractivity contribution is 5.94. The summed E-state index contributed by atoms with van der Waals surface area (Å²) >= 11 is 0. The van der Waals surface area contributed by atoms with E-state index in [1.54, 1.807) is 0 Å². The van der Waals surface area contributed by atoms with Crippen molar-refractivity contribution in [3.8, 4) is 0 Å². The number of aryl methyl sites for hydroxylation is 1. The molecule has 2 aromatic carbocycles. The fourth-order valence-electron chi connectivity index (χ4n) is 4.32. The molecule has 3 heteroatoms. The summed E-state index contributed by atoms with van der Waals surface area (Å²) in [6.45, 7) is 3.56. The maximum Gasteiger partial charge on any atom is 0.254 e. The third-order valence-electron chi connectivity index (χ3n) is 6.03. The molecule has 1 amide bonds. The number of amides is 1. The minimum atomic E-state index is 0.157. The molecule has 1 fully saturated rings. The maximum atomic E-state index is 13.5. The average molecular weight is 387 g/mol. The molecule has 0 radical (unpaired) electrons. The van der Waals surface area contributed by atoms with E-state index in [-0.39, 0.29) is 5.91 Å². The highest BCUT2D eigenvalue weighted by Crippen LogP contribution is 2.26. The highest BCUT2D eigenvalue weighted by Gasteiger charge is 2.27. The number of benzene rings is 2. The van der Waals surface area contributed by atoms with Gasteiger partial charge in [0.15, 0.2) is 0 Å². The standard InChI is InChI=1S/C26H30N2O/c1-21-14-16-23(17-15-21)26(29)28(24-11-6-3-7-12-24)20-25-13-8-18-27(25)19-22-9-4-2-5-10-22/h2,4-5,8-10,13-18,24H,3,6-7,11-12,19-20H2,1H3. The Balaban J connectivity index is 1.58. The molecule has 1 saturated carbocycles. The molecule has 4 rings (SSSR count). The fourth-order valence-corrected chi connectivity index (χ4v) is 4.32. The van der Waals surface area contributed by atoms with Crippen LogP contribution in [0.15, 0.2) is 72.9 Å². The molecule has 29 heavy (non-hydrogen) atoms. The quantitative estimate of drug-likeness (QED) is 0.524. The number of hydrogen-bond acceptors (Lipinski definition) is 1. The summed E-state index contributed by atoms with van der Waals surface area (Å²) in [5.41, 5.74) is 4.45. The Labute approximate surface area is 174 Å². The second-order valence-corrected chi connectivity index (χ2v) is 8.20. The highest BCUT2D eigenvalue weighted by atomic mass is 16.2. The van der Waals surface area contributed by atoms with Crippen molar-refractivity contribution in [3.05, 3.63) is 95.3 Å². The molecule has 0 aliphatic heterocycles. The Bertz CT molecular complexity index is 921. The zero-order valence-corrected chi connectivity index (χ0v) is 17.3. The molecule has 0 saturated heterocycles. The second-order valence-electron chi connectivity index (χ2n) is 8.20. The Hall–Kier alpha value is -2.81. The summed E-state index contributed by atoms with van der Waals surface area (Å²) in [5.74, 6) is 0.157. The van der Waals surface area contributed by atoms with Crippen molar-refractivity contribution in [2.75, 3.05) is 0 Å². The van der Waals surface area contributed by atoms with Crippen molar-refractivity contribution < 1.29 is 4.79 Å². The predicted molar refractivity (Wildman–Crippen MR) is 118 cm³/mol. The molecule has 3 nitrogen and oxygen atoms in total. The number of hydrogen-bond donors (Lipinski definition) is 0. The Morgan fingerprint density at radius 1 is 0.931 bits per heavy atom. The molecule has 0 unspecified atom stereocenters. The SMILES string of the molecule is Cc1ccc(C(=O)N(Cc2cccn2Cc2ccccc2)C2CCCCC2)cc1. The van der Waals surface area contributed by atoms with Gasteiger partial charge in [-0.3, -0.25) is 4.79 Å². The molecular formula is C26H30N2O. The van der Waals surface area contributed by atoms with Gasteiger partial charge in [0.2, 0.25) is 0 Å². The number of carbonyl (C=O) groups excluding carboxylic acids is 1. The summed E-state index contributed by atoms with van der Waals surface area (Å²) < 4.78 is 2.27. The van der Waals surface area contributed by atoms with E-state index >= 15 is 0 Å². The lowest BCUT2D eigenvalue weighted by atomic mass is 9.93. The Morgan fingerprint density at radius 2 is 1.66 bits per heavy atom. The lowest BCUT2D eigenvalue weighted by Gasteiger charge is -2.35. The van der Waals surface area contributed by atoms with Crippen LogP contribution in [-0.4, -0.2) is 21.4 Å². The summed E-state index contributed by atoms with van der Waals surface area (Å²) in [6, 6.07) is 23.1. The van der Waals surface area contributed by atoms with Gasteiger partial charge in [0.25, 0.3) is 5.91 Å². The second kappa shape index (κ2) is 9.13. The molecule has 1 aromatic heterocycles. The van der Waals surface area contributed by atoms with Gasteiger partial charge in [-0.2, -0.15) is 0 Å². The molecule has 1 aliphatic carbocycles. The first-order valence-electron chi connectivity index (χ1n) is 10.8. The van der Waals surface area contributed by atoms with Crippen LogP contribution in [0, 0.1) is 6.92 Å². The molecule has 1 aliphatic rings. The summed E-state index contributed by atoms with van der Waals surface area (Å²) in [6.07, 6.45) is 8.06. The topological polar surface area (TPSA) is 25.2 Å². The smallest absolute Gasteiger partial charge is 0.254 e. The van der Waals surface area contributed by atoms with Crippen molar-refractivity contribution in [1.82, 2.24) is 9.47 Å². The van der Waals surface area contributed by atoms with Gasteiger partial charge in [0, 0.05) is 30.0 Å². The molecule has 0 atom stereocenters. The van der Waals surface area contributed by atoms with E-state index in [0.717, 1.165) is 24.9 Å². The van der Waals surface area contributed by atoms with Gasteiger partial charge < -0.3 is 9.47 Å². The normalized spacial score (nSPS) is 14.7. The zero-order valence-electron chi connectivity index (χ0n) is 17.3. The van der Waals surface area contributed by atoms with E-state index in [2.05, 4.69) is 59.0 Å². The van der Waals surface area contributed by atoms with Gasteiger partial charge >= 0.3 is 0 Å². The van der Waals surface area contributed by atoms with Crippen LogP contribution in [0.2, 0.25) is 0 Å². The molecule has 150 valence electrons. The van der Waals surface area contributed by atoms with Crippen LogP contribution in [0.5, 0.6) is 0 Å². The van der Waals surface area contributed by atoms with Crippen LogP contribution >= 0.6 is 0 Å². The van der Waals surface area contributed by atoms with Gasteiger partial charge in [-0.05, 0) is 49.6 Å². The third kappa shape index (κ3) is 4.79. The van der Waals surface area contributed by atoms with Gasteiger partial charge in [0.1, 0.15) is 0 Å². The third-order valence-corrected chi connectivity index (χ3v) is 6.03. The first-order chi connectivity index (χ1) is 14.2. The Kier molecular flexibility index (Phi) is 6.14.